The van der Waals surface area contributed by atoms with Crippen LogP contribution in [-0.4, -0.2) is 25.0 Å². The maximum Gasteiger partial charge on any atom is 0.253 e. The van der Waals surface area contributed by atoms with Gasteiger partial charge in [-0.15, -0.1) is 0 Å². The number of hydrogen-bond acceptors (Lipinski definition) is 3. The second-order valence-corrected chi connectivity index (χ2v) is 5.74. The van der Waals surface area contributed by atoms with Gasteiger partial charge in [0.05, 0.1) is 18.4 Å². The van der Waals surface area contributed by atoms with Crippen LogP contribution in [0.15, 0.2) is 54.6 Å². The molecule has 0 atom stereocenters. The van der Waals surface area contributed by atoms with Crippen molar-refractivity contribution in [2.45, 2.75) is 19.9 Å². The van der Waals surface area contributed by atoms with E-state index in [0.29, 0.717) is 17.0 Å². The summed E-state index contributed by atoms with van der Waals surface area (Å²) in [4.78, 5) is 24.4. The Labute approximate surface area is 147 Å². The molecule has 0 heterocycles. The molecule has 0 aliphatic rings. The number of hydrogen-bond donors (Lipinski definition) is 2. The van der Waals surface area contributed by atoms with Gasteiger partial charge in [-0.05, 0) is 38.1 Å². The van der Waals surface area contributed by atoms with E-state index < -0.39 is 0 Å². The van der Waals surface area contributed by atoms with E-state index in [1.54, 1.807) is 37.5 Å². The van der Waals surface area contributed by atoms with Crippen LogP contribution in [-0.2, 0) is 4.79 Å². The Kier molecular flexibility index (Phi) is 6.34. The third-order valence-electron chi connectivity index (χ3n) is 3.40. The summed E-state index contributed by atoms with van der Waals surface area (Å²) >= 11 is 0. The monoisotopic (exact) mass is 338 g/mol. The number of nitrogens with one attached hydrogen (secondary N) is 2. The molecule has 0 aliphatic heterocycles. The third kappa shape index (κ3) is 5.21. The van der Waals surface area contributed by atoms with E-state index in [-0.39, 0.29) is 17.9 Å². The lowest BCUT2D eigenvalue weighted by Gasteiger charge is -2.12. The molecule has 0 saturated heterocycles. The highest BCUT2D eigenvalue weighted by Gasteiger charge is 2.12. The van der Waals surface area contributed by atoms with Gasteiger partial charge in [0.1, 0.15) is 5.75 Å². The van der Waals surface area contributed by atoms with Crippen molar-refractivity contribution in [1.82, 2.24) is 5.32 Å². The fourth-order valence-corrected chi connectivity index (χ4v) is 2.27. The zero-order valence-corrected chi connectivity index (χ0v) is 14.6. The first-order valence-corrected chi connectivity index (χ1v) is 8.03. The lowest BCUT2D eigenvalue weighted by Crippen LogP contribution is -2.30. The Hall–Kier alpha value is -3.08. The first kappa shape index (κ1) is 18.3. The first-order valence-electron chi connectivity index (χ1n) is 8.03. The Bertz CT molecular complexity index is 782. The lowest BCUT2D eigenvalue weighted by molar-refractivity contribution is -0.111. The molecule has 0 saturated carbocycles. The molecule has 25 heavy (non-hydrogen) atoms. The van der Waals surface area contributed by atoms with Crippen molar-refractivity contribution in [1.29, 1.82) is 0 Å². The topological polar surface area (TPSA) is 67.4 Å². The number of benzene rings is 2. The van der Waals surface area contributed by atoms with Gasteiger partial charge in [0.25, 0.3) is 5.91 Å². The molecular weight excluding hydrogens is 316 g/mol. The van der Waals surface area contributed by atoms with E-state index in [4.69, 9.17) is 4.74 Å². The SMILES string of the molecule is COc1ccccc1/C=C/C(=O)Nc1ccccc1C(=O)NC(C)C. The van der Waals surface area contributed by atoms with Crippen LogP contribution in [0, 0.1) is 0 Å². The molecule has 5 nitrogen and oxygen atoms in total. The summed E-state index contributed by atoms with van der Waals surface area (Å²) in [5.74, 6) is 0.138. The Morgan fingerprint density at radius 2 is 1.72 bits per heavy atom. The number of anilines is 1. The van der Waals surface area contributed by atoms with Crippen molar-refractivity contribution in [3.05, 3.63) is 65.7 Å². The van der Waals surface area contributed by atoms with E-state index >= 15 is 0 Å². The molecule has 2 N–H and O–H groups in total. The molecule has 5 heteroatoms. The predicted molar refractivity (Wildman–Crippen MR) is 99.7 cm³/mol. The minimum Gasteiger partial charge on any atom is -0.496 e. The molecule has 0 radical (unpaired) electrons. The van der Waals surface area contributed by atoms with E-state index in [0.717, 1.165) is 5.56 Å². The fourth-order valence-electron chi connectivity index (χ4n) is 2.27. The van der Waals surface area contributed by atoms with Crippen LogP contribution < -0.4 is 15.4 Å². The highest BCUT2D eigenvalue weighted by atomic mass is 16.5. The largest absolute Gasteiger partial charge is 0.496 e. The van der Waals surface area contributed by atoms with Gasteiger partial charge < -0.3 is 15.4 Å². The number of methoxy groups -OCH3 is 1. The molecule has 2 aromatic rings. The zero-order valence-electron chi connectivity index (χ0n) is 14.6. The predicted octanol–water partition coefficient (Wildman–Crippen LogP) is 3.49. The van der Waals surface area contributed by atoms with Crippen molar-refractivity contribution in [2.24, 2.45) is 0 Å². The van der Waals surface area contributed by atoms with E-state index in [2.05, 4.69) is 10.6 Å². The van der Waals surface area contributed by atoms with E-state index in [9.17, 15) is 9.59 Å². The molecule has 0 bridgehead atoms. The smallest absolute Gasteiger partial charge is 0.253 e. The van der Waals surface area contributed by atoms with Gasteiger partial charge in [-0.1, -0.05) is 30.3 Å². The highest BCUT2D eigenvalue weighted by molar-refractivity contribution is 6.07. The van der Waals surface area contributed by atoms with Gasteiger partial charge in [-0.2, -0.15) is 0 Å². The molecule has 0 spiro atoms. The van der Waals surface area contributed by atoms with Crippen LogP contribution >= 0.6 is 0 Å². The van der Waals surface area contributed by atoms with Gasteiger partial charge in [0.15, 0.2) is 0 Å². The molecule has 0 aromatic heterocycles. The average Bonchev–Trinajstić information content (AvgIpc) is 2.60. The second kappa shape index (κ2) is 8.68. The second-order valence-electron chi connectivity index (χ2n) is 5.74. The van der Waals surface area contributed by atoms with Crippen LogP contribution in [0.25, 0.3) is 6.08 Å². The zero-order chi connectivity index (χ0) is 18.2. The minimum absolute atomic E-state index is 0.0155. The molecule has 0 fully saturated rings. The van der Waals surface area contributed by atoms with Crippen LogP contribution in [0.3, 0.4) is 0 Å². The molecule has 0 aliphatic carbocycles. The summed E-state index contributed by atoms with van der Waals surface area (Å²) in [6, 6.07) is 14.3. The highest BCUT2D eigenvalue weighted by Crippen LogP contribution is 2.19. The van der Waals surface area contributed by atoms with E-state index in [1.165, 1.54) is 6.08 Å². The van der Waals surface area contributed by atoms with Crippen LogP contribution in [0.5, 0.6) is 5.75 Å². The third-order valence-corrected chi connectivity index (χ3v) is 3.40. The Morgan fingerprint density at radius 3 is 2.44 bits per heavy atom. The lowest BCUT2D eigenvalue weighted by atomic mass is 10.1. The van der Waals surface area contributed by atoms with Gasteiger partial charge in [0.2, 0.25) is 5.91 Å². The summed E-state index contributed by atoms with van der Waals surface area (Å²) in [5.41, 5.74) is 1.69. The van der Waals surface area contributed by atoms with Gasteiger partial charge in [-0.25, -0.2) is 0 Å². The Morgan fingerprint density at radius 1 is 1.04 bits per heavy atom. The number of carbonyl (C=O) groups is 2. The maximum atomic E-state index is 12.2. The number of amides is 2. The molecule has 2 amide bonds. The molecule has 2 aromatic carbocycles. The molecular formula is C20H22N2O3. The Balaban J connectivity index is 2.13. The molecule has 130 valence electrons. The number of ether oxygens (including phenoxy) is 1. The van der Waals surface area contributed by atoms with Gasteiger partial charge in [-0.3, -0.25) is 9.59 Å². The minimum atomic E-state index is -0.323. The number of carbonyl (C=O) groups excluding carboxylic acids is 2. The number of rotatable bonds is 6. The normalized spacial score (nSPS) is 10.7. The summed E-state index contributed by atoms with van der Waals surface area (Å²) in [5, 5.41) is 5.57. The standard InChI is InChI=1S/C20H22N2O3/c1-14(2)21-20(24)16-9-5-6-10-17(16)22-19(23)13-12-15-8-4-7-11-18(15)25-3/h4-14H,1-3H3,(H,21,24)(H,22,23)/b13-12+. The van der Waals surface area contributed by atoms with Crippen molar-refractivity contribution < 1.29 is 14.3 Å². The molecule has 0 unspecified atom stereocenters. The van der Waals surface area contributed by atoms with Crippen molar-refractivity contribution >= 4 is 23.6 Å². The van der Waals surface area contributed by atoms with Crippen molar-refractivity contribution in [2.75, 3.05) is 12.4 Å². The van der Waals surface area contributed by atoms with Crippen LogP contribution in [0.1, 0.15) is 29.8 Å². The van der Waals surface area contributed by atoms with Crippen LogP contribution in [0.2, 0.25) is 0 Å². The number of para-hydroxylation sites is 2. The van der Waals surface area contributed by atoms with Crippen LogP contribution in [0.4, 0.5) is 5.69 Å². The van der Waals surface area contributed by atoms with E-state index in [1.807, 2.05) is 38.1 Å². The van der Waals surface area contributed by atoms with Crippen molar-refractivity contribution in [3.63, 3.8) is 0 Å². The van der Waals surface area contributed by atoms with Gasteiger partial charge >= 0.3 is 0 Å². The average molecular weight is 338 g/mol. The quantitative estimate of drug-likeness (QED) is 0.792. The first-order chi connectivity index (χ1) is 12.0. The van der Waals surface area contributed by atoms with Gasteiger partial charge in [0, 0.05) is 17.7 Å². The maximum absolute atomic E-state index is 12.2. The summed E-state index contributed by atoms with van der Waals surface area (Å²) in [6.45, 7) is 3.77. The fraction of sp³-hybridized carbons (Fsp3) is 0.200. The summed E-state index contributed by atoms with van der Waals surface area (Å²) in [6.07, 6.45) is 3.08. The summed E-state index contributed by atoms with van der Waals surface area (Å²) < 4.78 is 5.25. The summed E-state index contributed by atoms with van der Waals surface area (Å²) in [7, 11) is 1.58. The molecule has 2 rings (SSSR count). The van der Waals surface area contributed by atoms with Crippen molar-refractivity contribution in [3.8, 4) is 5.75 Å².